The maximum Gasteiger partial charge on any atom is 0.262 e. The van der Waals surface area contributed by atoms with E-state index in [1.165, 1.54) is 12.1 Å². The molecule has 0 saturated heterocycles. The van der Waals surface area contributed by atoms with E-state index in [1.54, 1.807) is 36.5 Å². The first kappa shape index (κ1) is 19.4. The standard InChI is InChI=1S/C24H21ClF2N2O/c25-16-1-4-18(5-2-16)29-22(30)24(27)14-23(24)10-7-15(8-11-23)19-9-12-28-21-6-3-17(26)13-20(19)21/h1-6,9,12-13,15H,7-8,10-11,14H2,(H,29,30). The van der Waals surface area contributed by atoms with E-state index in [4.69, 9.17) is 11.6 Å². The number of hydrogen-bond acceptors (Lipinski definition) is 2. The number of hydrogen-bond donors (Lipinski definition) is 1. The average Bonchev–Trinajstić information content (AvgIpc) is 3.34. The fourth-order valence-electron chi connectivity index (χ4n) is 5.06. The Morgan fingerprint density at radius 1 is 1.10 bits per heavy atom. The third kappa shape index (κ3) is 3.16. The lowest BCUT2D eigenvalue weighted by atomic mass is 9.74. The van der Waals surface area contributed by atoms with Gasteiger partial charge in [-0.2, -0.15) is 0 Å². The molecule has 2 aromatic carbocycles. The molecule has 2 fully saturated rings. The molecule has 3 nitrogen and oxygen atoms in total. The van der Waals surface area contributed by atoms with Crippen molar-refractivity contribution in [3.63, 3.8) is 0 Å². The van der Waals surface area contributed by atoms with Crippen LogP contribution in [0.1, 0.15) is 43.6 Å². The third-order valence-corrected chi connectivity index (χ3v) is 7.13. The Balaban J connectivity index is 1.30. The number of carbonyl (C=O) groups is 1. The van der Waals surface area contributed by atoms with Crippen LogP contribution in [0, 0.1) is 11.2 Å². The monoisotopic (exact) mass is 426 g/mol. The summed E-state index contributed by atoms with van der Waals surface area (Å²) in [6, 6.07) is 13.2. The van der Waals surface area contributed by atoms with Gasteiger partial charge in [0.05, 0.1) is 5.52 Å². The van der Waals surface area contributed by atoms with Gasteiger partial charge in [-0.1, -0.05) is 11.6 Å². The quantitative estimate of drug-likeness (QED) is 0.525. The first-order chi connectivity index (χ1) is 14.4. The molecule has 6 heteroatoms. The van der Waals surface area contributed by atoms with E-state index < -0.39 is 17.0 Å². The summed E-state index contributed by atoms with van der Waals surface area (Å²) in [5.41, 5.74) is -0.0479. The van der Waals surface area contributed by atoms with Crippen LogP contribution in [0.5, 0.6) is 0 Å². The summed E-state index contributed by atoms with van der Waals surface area (Å²) in [4.78, 5) is 17.0. The molecule has 0 bridgehead atoms. The van der Waals surface area contributed by atoms with Crippen molar-refractivity contribution in [2.45, 2.75) is 43.7 Å². The van der Waals surface area contributed by atoms with Crippen LogP contribution < -0.4 is 5.32 Å². The largest absolute Gasteiger partial charge is 0.323 e. The fraction of sp³-hybridized carbons (Fsp3) is 0.333. The van der Waals surface area contributed by atoms with Gasteiger partial charge in [0, 0.05) is 34.1 Å². The summed E-state index contributed by atoms with van der Waals surface area (Å²) in [6.07, 6.45) is 4.83. The maximum absolute atomic E-state index is 15.5. The molecular formula is C24H21ClF2N2O. The molecule has 1 unspecified atom stereocenters. The van der Waals surface area contributed by atoms with E-state index in [0.29, 0.717) is 23.6 Å². The molecule has 1 N–H and O–H groups in total. The molecule has 5 rings (SSSR count). The van der Waals surface area contributed by atoms with Crippen molar-refractivity contribution in [2.75, 3.05) is 5.32 Å². The first-order valence-corrected chi connectivity index (χ1v) is 10.6. The van der Waals surface area contributed by atoms with Crippen molar-refractivity contribution in [3.05, 3.63) is 71.1 Å². The minimum absolute atomic E-state index is 0.215. The number of halogens is 3. The summed E-state index contributed by atoms with van der Waals surface area (Å²) < 4.78 is 29.3. The maximum atomic E-state index is 15.5. The number of rotatable bonds is 3. The summed E-state index contributed by atoms with van der Waals surface area (Å²) in [6.45, 7) is 0. The molecule has 1 aromatic heterocycles. The van der Waals surface area contributed by atoms with Gasteiger partial charge in [0.2, 0.25) is 0 Å². The predicted molar refractivity (Wildman–Crippen MR) is 114 cm³/mol. The fourth-order valence-corrected chi connectivity index (χ4v) is 5.18. The van der Waals surface area contributed by atoms with Gasteiger partial charge >= 0.3 is 0 Å². The normalized spacial score (nSPS) is 27.9. The SMILES string of the molecule is O=C(Nc1ccc(Cl)cc1)C1(F)CC12CCC(c1ccnc3ccc(F)cc13)CC2. The highest BCUT2D eigenvalue weighted by Gasteiger charge is 2.73. The Morgan fingerprint density at radius 2 is 1.83 bits per heavy atom. The van der Waals surface area contributed by atoms with Crippen molar-refractivity contribution in [3.8, 4) is 0 Å². The highest BCUT2D eigenvalue weighted by molar-refractivity contribution is 6.30. The Labute approximate surface area is 178 Å². The number of anilines is 1. The van der Waals surface area contributed by atoms with E-state index in [0.717, 1.165) is 29.3 Å². The lowest BCUT2D eigenvalue weighted by Crippen LogP contribution is -2.33. The smallest absolute Gasteiger partial charge is 0.262 e. The molecule has 2 aliphatic rings. The van der Waals surface area contributed by atoms with Crippen molar-refractivity contribution in [1.29, 1.82) is 0 Å². The van der Waals surface area contributed by atoms with Gasteiger partial charge in [-0.25, -0.2) is 8.78 Å². The van der Waals surface area contributed by atoms with Crippen LogP contribution in [0.3, 0.4) is 0 Å². The number of benzene rings is 2. The second-order valence-corrected chi connectivity index (χ2v) is 8.99. The van der Waals surface area contributed by atoms with Gasteiger partial charge in [0.25, 0.3) is 5.91 Å². The molecule has 2 aliphatic carbocycles. The van der Waals surface area contributed by atoms with E-state index in [-0.39, 0.29) is 18.2 Å². The molecule has 1 heterocycles. The van der Waals surface area contributed by atoms with Crippen molar-refractivity contribution in [2.24, 2.45) is 5.41 Å². The van der Waals surface area contributed by atoms with Crippen LogP contribution in [-0.2, 0) is 4.79 Å². The Bertz CT molecular complexity index is 1130. The third-order valence-electron chi connectivity index (χ3n) is 6.88. The Hall–Kier alpha value is -2.53. The zero-order chi connectivity index (χ0) is 20.9. The number of nitrogens with one attached hydrogen (secondary N) is 1. The zero-order valence-corrected chi connectivity index (χ0v) is 17.1. The van der Waals surface area contributed by atoms with Crippen molar-refractivity contribution < 1.29 is 13.6 Å². The number of carbonyl (C=O) groups excluding carboxylic acids is 1. The zero-order valence-electron chi connectivity index (χ0n) is 16.3. The predicted octanol–water partition coefficient (Wildman–Crippen LogP) is 6.42. The lowest BCUT2D eigenvalue weighted by molar-refractivity contribution is -0.124. The van der Waals surface area contributed by atoms with Crippen LogP contribution in [0.15, 0.2) is 54.7 Å². The minimum Gasteiger partial charge on any atom is -0.323 e. The van der Waals surface area contributed by atoms with E-state index in [2.05, 4.69) is 10.3 Å². The summed E-state index contributed by atoms with van der Waals surface area (Å²) >= 11 is 5.86. The van der Waals surface area contributed by atoms with Crippen LogP contribution in [0.2, 0.25) is 5.02 Å². The molecule has 30 heavy (non-hydrogen) atoms. The second kappa shape index (κ2) is 7.02. The summed E-state index contributed by atoms with van der Waals surface area (Å²) in [5.74, 6) is -0.639. The van der Waals surface area contributed by atoms with Crippen molar-refractivity contribution >= 4 is 34.1 Å². The summed E-state index contributed by atoms with van der Waals surface area (Å²) in [5, 5.41) is 4.08. The van der Waals surface area contributed by atoms with Crippen LogP contribution in [-0.4, -0.2) is 16.6 Å². The minimum atomic E-state index is -1.83. The molecule has 1 amide bonds. The van der Waals surface area contributed by atoms with E-state index in [1.807, 2.05) is 6.07 Å². The number of aromatic nitrogens is 1. The number of nitrogens with zero attached hydrogens (tertiary/aromatic N) is 1. The number of pyridine rings is 1. The number of fused-ring (bicyclic) bond motifs is 1. The van der Waals surface area contributed by atoms with Gasteiger partial charge in [0.15, 0.2) is 5.67 Å². The Kier molecular flexibility index (Phi) is 4.55. The highest BCUT2D eigenvalue weighted by Crippen LogP contribution is 2.68. The summed E-state index contributed by atoms with van der Waals surface area (Å²) in [7, 11) is 0. The van der Waals surface area contributed by atoms with E-state index in [9.17, 15) is 9.18 Å². The molecule has 0 aliphatic heterocycles. The van der Waals surface area contributed by atoms with Gasteiger partial charge in [-0.15, -0.1) is 0 Å². The van der Waals surface area contributed by atoms with Gasteiger partial charge in [-0.05, 0) is 85.7 Å². The molecular weight excluding hydrogens is 406 g/mol. The number of amides is 1. The molecule has 1 spiro atoms. The molecule has 2 saturated carbocycles. The van der Waals surface area contributed by atoms with Crippen LogP contribution in [0.4, 0.5) is 14.5 Å². The molecule has 154 valence electrons. The lowest BCUT2D eigenvalue weighted by Gasteiger charge is -2.31. The highest BCUT2D eigenvalue weighted by atomic mass is 35.5. The van der Waals surface area contributed by atoms with Gasteiger partial charge in [-0.3, -0.25) is 9.78 Å². The van der Waals surface area contributed by atoms with Crippen LogP contribution in [0.25, 0.3) is 10.9 Å². The van der Waals surface area contributed by atoms with Gasteiger partial charge in [0.1, 0.15) is 5.82 Å². The first-order valence-electron chi connectivity index (χ1n) is 10.2. The van der Waals surface area contributed by atoms with Crippen LogP contribution >= 0.6 is 11.6 Å². The average molecular weight is 427 g/mol. The molecule has 0 radical (unpaired) electrons. The topological polar surface area (TPSA) is 42.0 Å². The van der Waals surface area contributed by atoms with Crippen molar-refractivity contribution in [1.82, 2.24) is 4.98 Å². The Morgan fingerprint density at radius 3 is 2.57 bits per heavy atom. The van der Waals surface area contributed by atoms with E-state index >= 15 is 4.39 Å². The number of alkyl halides is 1. The molecule has 3 aromatic rings. The van der Waals surface area contributed by atoms with Gasteiger partial charge < -0.3 is 5.32 Å². The second-order valence-electron chi connectivity index (χ2n) is 8.56. The molecule has 1 atom stereocenters.